The molecule has 2 amide bonds. The van der Waals surface area contributed by atoms with E-state index in [0.29, 0.717) is 6.61 Å². The van der Waals surface area contributed by atoms with Crippen LogP contribution in [0, 0.1) is 0 Å². The molecule has 0 saturated carbocycles. The number of ether oxygens (including phenoxy) is 1. The van der Waals surface area contributed by atoms with Gasteiger partial charge in [0.25, 0.3) is 0 Å². The number of urea groups is 1. The first kappa shape index (κ1) is 14.3. The van der Waals surface area contributed by atoms with Gasteiger partial charge in [-0.15, -0.1) is 0 Å². The Morgan fingerprint density at radius 3 is 2.88 bits per heavy atom. The van der Waals surface area contributed by atoms with E-state index in [-0.39, 0.29) is 18.1 Å². The highest BCUT2D eigenvalue weighted by Crippen LogP contribution is 2.06. The molecule has 0 aromatic heterocycles. The van der Waals surface area contributed by atoms with Crippen LogP contribution in [0.15, 0.2) is 0 Å². The lowest BCUT2D eigenvalue weighted by atomic mass is 10.1. The first-order valence-electron chi connectivity index (χ1n) is 6.87. The predicted molar refractivity (Wildman–Crippen MR) is 69.1 cm³/mol. The van der Waals surface area contributed by atoms with Crippen LogP contribution in [-0.4, -0.2) is 31.3 Å². The lowest BCUT2D eigenvalue weighted by Crippen LogP contribution is -2.45. The number of unbranched alkanes of at least 4 members (excludes halogenated alkanes) is 3. The molecule has 1 fully saturated rings. The molecule has 2 unspecified atom stereocenters. The van der Waals surface area contributed by atoms with Gasteiger partial charge < -0.3 is 15.4 Å². The minimum Gasteiger partial charge on any atom is -0.379 e. The fourth-order valence-corrected chi connectivity index (χ4v) is 2.05. The molecule has 0 spiro atoms. The van der Waals surface area contributed by atoms with E-state index < -0.39 is 0 Å². The van der Waals surface area contributed by atoms with Gasteiger partial charge in [0.2, 0.25) is 0 Å². The highest BCUT2D eigenvalue weighted by Gasteiger charge is 2.18. The standard InChI is InChI=1S/C13H26N2O2/c1-3-4-5-6-7-11(2)14-13(16)15-12-8-9-17-10-12/h11-12H,3-10H2,1-2H3,(H2,14,15,16). The van der Waals surface area contributed by atoms with Gasteiger partial charge in [-0.2, -0.15) is 0 Å². The molecule has 1 rings (SSSR count). The fourth-order valence-electron chi connectivity index (χ4n) is 2.05. The Hall–Kier alpha value is -0.770. The number of hydrogen-bond acceptors (Lipinski definition) is 2. The number of rotatable bonds is 7. The summed E-state index contributed by atoms with van der Waals surface area (Å²) in [5.41, 5.74) is 0. The molecule has 100 valence electrons. The third-order valence-electron chi connectivity index (χ3n) is 3.13. The molecular formula is C13H26N2O2. The quantitative estimate of drug-likeness (QED) is 0.674. The first-order chi connectivity index (χ1) is 8.22. The zero-order chi connectivity index (χ0) is 12.5. The molecule has 1 saturated heterocycles. The summed E-state index contributed by atoms with van der Waals surface area (Å²) in [7, 11) is 0. The maximum atomic E-state index is 11.6. The Bertz CT molecular complexity index is 215. The highest BCUT2D eigenvalue weighted by molar-refractivity contribution is 5.74. The molecule has 17 heavy (non-hydrogen) atoms. The Labute approximate surface area is 104 Å². The Morgan fingerprint density at radius 1 is 1.41 bits per heavy atom. The van der Waals surface area contributed by atoms with Crippen LogP contribution >= 0.6 is 0 Å². The molecule has 0 aromatic carbocycles. The van der Waals surface area contributed by atoms with Crippen LogP contribution < -0.4 is 10.6 Å². The van der Waals surface area contributed by atoms with Gasteiger partial charge in [-0.1, -0.05) is 32.6 Å². The van der Waals surface area contributed by atoms with Crippen LogP contribution in [0.3, 0.4) is 0 Å². The van der Waals surface area contributed by atoms with Crippen molar-refractivity contribution >= 4 is 6.03 Å². The molecule has 0 aromatic rings. The van der Waals surface area contributed by atoms with Crippen molar-refractivity contribution in [2.24, 2.45) is 0 Å². The fraction of sp³-hybridized carbons (Fsp3) is 0.923. The van der Waals surface area contributed by atoms with Crippen LogP contribution in [0.1, 0.15) is 52.4 Å². The number of nitrogens with one attached hydrogen (secondary N) is 2. The molecule has 2 N–H and O–H groups in total. The Kier molecular flexibility index (Phi) is 7.01. The molecule has 4 heteroatoms. The SMILES string of the molecule is CCCCCCC(C)NC(=O)NC1CCOC1. The molecule has 0 aliphatic carbocycles. The monoisotopic (exact) mass is 242 g/mol. The number of carbonyl (C=O) groups is 1. The molecular weight excluding hydrogens is 216 g/mol. The summed E-state index contributed by atoms with van der Waals surface area (Å²) < 4.78 is 5.21. The van der Waals surface area contributed by atoms with Gasteiger partial charge >= 0.3 is 6.03 Å². The lowest BCUT2D eigenvalue weighted by Gasteiger charge is -2.16. The zero-order valence-electron chi connectivity index (χ0n) is 11.1. The minimum absolute atomic E-state index is 0.0523. The van der Waals surface area contributed by atoms with Gasteiger partial charge in [-0.05, 0) is 19.8 Å². The normalized spacial score (nSPS) is 21.2. The van der Waals surface area contributed by atoms with Crippen LogP contribution in [0.2, 0.25) is 0 Å². The summed E-state index contributed by atoms with van der Waals surface area (Å²) in [4.78, 5) is 11.6. The van der Waals surface area contributed by atoms with E-state index in [0.717, 1.165) is 19.4 Å². The van der Waals surface area contributed by atoms with E-state index in [9.17, 15) is 4.79 Å². The van der Waals surface area contributed by atoms with Crippen molar-refractivity contribution in [2.45, 2.75) is 64.5 Å². The Balaban J connectivity index is 2.03. The van der Waals surface area contributed by atoms with Crippen molar-refractivity contribution in [2.75, 3.05) is 13.2 Å². The zero-order valence-corrected chi connectivity index (χ0v) is 11.1. The van der Waals surface area contributed by atoms with E-state index in [1.54, 1.807) is 0 Å². The second kappa shape index (κ2) is 8.34. The average molecular weight is 242 g/mol. The summed E-state index contributed by atoms with van der Waals surface area (Å²) >= 11 is 0. The maximum absolute atomic E-state index is 11.6. The van der Waals surface area contributed by atoms with E-state index in [2.05, 4.69) is 24.5 Å². The van der Waals surface area contributed by atoms with Crippen molar-refractivity contribution in [3.8, 4) is 0 Å². The molecule has 0 bridgehead atoms. The third-order valence-corrected chi connectivity index (χ3v) is 3.13. The number of hydrogen-bond donors (Lipinski definition) is 2. The van der Waals surface area contributed by atoms with Crippen molar-refractivity contribution in [1.29, 1.82) is 0 Å². The lowest BCUT2D eigenvalue weighted by molar-refractivity contribution is 0.188. The molecule has 1 heterocycles. The summed E-state index contributed by atoms with van der Waals surface area (Å²) in [5.74, 6) is 0. The molecule has 1 aliphatic rings. The predicted octanol–water partition coefficient (Wildman–Crippen LogP) is 2.43. The van der Waals surface area contributed by atoms with Gasteiger partial charge in [0.15, 0.2) is 0 Å². The summed E-state index contributed by atoms with van der Waals surface area (Å²) in [6.45, 7) is 5.69. The number of carbonyl (C=O) groups excluding carboxylic acids is 1. The summed E-state index contributed by atoms with van der Waals surface area (Å²) in [6, 6.07) is 0.403. The van der Waals surface area contributed by atoms with Crippen molar-refractivity contribution in [3.63, 3.8) is 0 Å². The van der Waals surface area contributed by atoms with Crippen LogP contribution in [0.4, 0.5) is 4.79 Å². The van der Waals surface area contributed by atoms with Gasteiger partial charge in [0, 0.05) is 12.6 Å². The van der Waals surface area contributed by atoms with Crippen molar-refractivity contribution in [1.82, 2.24) is 10.6 Å². The molecule has 4 nitrogen and oxygen atoms in total. The van der Waals surface area contributed by atoms with E-state index >= 15 is 0 Å². The van der Waals surface area contributed by atoms with Gasteiger partial charge in [-0.25, -0.2) is 4.79 Å². The smallest absolute Gasteiger partial charge is 0.315 e. The molecule has 1 aliphatic heterocycles. The van der Waals surface area contributed by atoms with Gasteiger partial charge in [-0.3, -0.25) is 0 Å². The molecule has 2 atom stereocenters. The van der Waals surface area contributed by atoms with Gasteiger partial charge in [0.1, 0.15) is 0 Å². The Morgan fingerprint density at radius 2 is 2.24 bits per heavy atom. The largest absolute Gasteiger partial charge is 0.379 e. The van der Waals surface area contributed by atoms with E-state index in [1.807, 2.05) is 0 Å². The third kappa shape index (κ3) is 6.51. The van der Waals surface area contributed by atoms with Crippen LogP contribution in [-0.2, 0) is 4.74 Å². The van der Waals surface area contributed by atoms with Crippen molar-refractivity contribution < 1.29 is 9.53 Å². The topological polar surface area (TPSA) is 50.4 Å². The van der Waals surface area contributed by atoms with E-state index in [1.165, 1.54) is 25.7 Å². The summed E-state index contributed by atoms with van der Waals surface area (Å²) in [5, 5.41) is 5.91. The highest BCUT2D eigenvalue weighted by atomic mass is 16.5. The van der Waals surface area contributed by atoms with Crippen LogP contribution in [0.5, 0.6) is 0 Å². The minimum atomic E-state index is -0.0523. The van der Waals surface area contributed by atoms with Crippen LogP contribution in [0.25, 0.3) is 0 Å². The number of amides is 2. The average Bonchev–Trinajstić information content (AvgIpc) is 2.77. The van der Waals surface area contributed by atoms with Crippen molar-refractivity contribution in [3.05, 3.63) is 0 Å². The molecule has 0 radical (unpaired) electrons. The van der Waals surface area contributed by atoms with E-state index in [4.69, 9.17) is 4.74 Å². The first-order valence-corrected chi connectivity index (χ1v) is 6.87. The van der Waals surface area contributed by atoms with Gasteiger partial charge in [0.05, 0.1) is 12.6 Å². The summed E-state index contributed by atoms with van der Waals surface area (Å²) in [6.07, 6.45) is 7.00. The second-order valence-corrected chi connectivity index (χ2v) is 4.93. The maximum Gasteiger partial charge on any atom is 0.315 e. The second-order valence-electron chi connectivity index (χ2n) is 4.93.